The van der Waals surface area contributed by atoms with Gasteiger partial charge in [0.25, 0.3) is 0 Å². The van der Waals surface area contributed by atoms with Gasteiger partial charge in [-0.1, -0.05) is 6.07 Å². The van der Waals surface area contributed by atoms with Crippen molar-refractivity contribution in [3.05, 3.63) is 29.6 Å². The lowest BCUT2D eigenvalue weighted by atomic mass is 10.1. The SMILES string of the molecule is Cc1ccc(C(O)C(O)CS)cn1. The van der Waals surface area contributed by atoms with Crippen LogP contribution in [0.15, 0.2) is 18.3 Å². The Morgan fingerprint density at radius 1 is 1.46 bits per heavy atom. The molecule has 0 aliphatic rings. The van der Waals surface area contributed by atoms with Crippen molar-refractivity contribution in [2.24, 2.45) is 0 Å². The van der Waals surface area contributed by atoms with Crippen LogP contribution < -0.4 is 0 Å². The fraction of sp³-hybridized carbons (Fsp3) is 0.444. The van der Waals surface area contributed by atoms with Crippen LogP contribution in [0.5, 0.6) is 0 Å². The molecule has 4 heteroatoms. The molecule has 0 fully saturated rings. The fourth-order valence-corrected chi connectivity index (χ4v) is 1.18. The number of hydrogen-bond donors (Lipinski definition) is 3. The van der Waals surface area contributed by atoms with E-state index in [2.05, 4.69) is 17.6 Å². The summed E-state index contributed by atoms with van der Waals surface area (Å²) < 4.78 is 0. The maximum absolute atomic E-state index is 9.54. The van der Waals surface area contributed by atoms with E-state index in [-0.39, 0.29) is 5.75 Å². The van der Waals surface area contributed by atoms with Crippen LogP contribution in [-0.4, -0.2) is 27.1 Å². The summed E-state index contributed by atoms with van der Waals surface area (Å²) in [5.74, 6) is 0.231. The highest BCUT2D eigenvalue weighted by atomic mass is 32.1. The topological polar surface area (TPSA) is 53.4 Å². The zero-order valence-corrected chi connectivity index (χ0v) is 8.28. The van der Waals surface area contributed by atoms with Crippen LogP contribution in [-0.2, 0) is 0 Å². The summed E-state index contributed by atoms with van der Waals surface area (Å²) >= 11 is 3.89. The van der Waals surface area contributed by atoms with Gasteiger partial charge in [-0.3, -0.25) is 4.98 Å². The Hall–Kier alpha value is -0.580. The Bertz CT molecular complexity index is 263. The second kappa shape index (κ2) is 4.60. The number of aliphatic hydroxyl groups is 2. The molecule has 0 aliphatic carbocycles. The van der Waals surface area contributed by atoms with Crippen LogP contribution in [0.25, 0.3) is 0 Å². The zero-order chi connectivity index (χ0) is 9.84. The van der Waals surface area contributed by atoms with Crippen LogP contribution in [0.1, 0.15) is 17.4 Å². The molecule has 0 bridgehead atoms. The van der Waals surface area contributed by atoms with Crippen molar-refractivity contribution in [3.8, 4) is 0 Å². The van der Waals surface area contributed by atoms with Crippen molar-refractivity contribution in [2.45, 2.75) is 19.1 Å². The number of nitrogens with zero attached hydrogens (tertiary/aromatic N) is 1. The van der Waals surface area contributed by atoms with Crippen molar-refractivity contribution < 1.29 is 10.2 Å². The third-order valence-electron chi connectivity index (χ3n) is 1.83. The van der Waals surface area contributed by atoms with E-state index in [1.165, 1.54) is 0 Å². The van der Waals surface area contributed by atoms with E-state index in [0.717, 1.165) is 5.69 Å². The summed E-state index contributed by atoms with van der Waals surface area (Å²) in [4.78, 5) is 4.02. The van der Waals surface area contributed by atoms with Crippen LogP contribution in [0.4, 0.5) is 0 Å². The van der Waals surface area contributed by atoms with E-state index < -0.39 is 12.2 Å². The smallest absolute Gasteiger partial charge is 0.107 e. The first-order valence-corrected chi connectivity index (χ1v) is 4.68. The first kappa shape index (κ1) is 10.5. The quantitative estimate of drug-likeness (QED) is 0.629. The summed E-state index contributed by atoms with van der Waals surface area (Å²) in [6.07, 6.45) is -0.175. The molecule has 0 radical (unpaired) electrons. The molecular weight excluding hydrogens is 186 g/mol. The van der Waals surface area contributed by atoms with E-state index >= 15 is 0 Å². The minimum absolute atomic E-state index is 0.231. The molecule has 0 aromatic carbocycles. The first-order chi connectivity index (χ1) is 6.15. The molecule has 72 valence electrons. The second-order valence-corrected chi connectivity index (χ2v) is 3.29. The van der Waals surface area contributed by atoms with Gasteiger partial charge in [0.2, 0.25) is 0 Å². The van der Waals surface area contributed by atoms with Gasteiger partial charge < -0.3 is 10.2 Å². The Kier molecular flexibility index (Phi) is 3.71. The molecule has 1 rings (SSSR count). The molecule has 2 atom stereocenters. The molecule has 1 aromatic heterocycles. The van der Waals surface area contributed by atoms with Gasteiger partial charge in [0.15, 0.2) is 0 Å². The lowest BCUT2D eigenvalue weighted by molar-refractivity contribution is 0.0335. The predicted octanol–water partition coefficient (Wildman–Crippen LogP) is 0.714. The maximum Gasteiger partial charge on any atom is 0.107 e. The Morgan fingerprint density at radius 2 is 2.15 bits per heavy atom. The number of aromatic nitrogens is 1. The summed E-state index contributed by atoms with van der Waals surface area (Å²) in [5.41, 5.74) is 1.50. The van der Waals surface area contributed by atoms with E-state index in [9.17, 15) is 10.2 Å². The normalized spacial score (nSPS) is 15.4. The van der Waals surface area contributed by atoms with Crippen LogP contribution >= 0.6 is 12.6 Å². The van der Waals surface area contributed by atoms with Gasteiger partial charge in [0, 0.05) is 23.2 Å². The highest BCUT2D eigenvalue weighted by Crippen LogP contribution is 2.16. The van der Waals surface area contributed by atoms with Crippen molar-refractivity contribution in [2.75, 3.05) is 5.75 Å². The molecule has 3 nitrogen and oxygen atoms in total. The average Bonchev–Trinajstić information content (AvgIpc) is 2.17. The van der Waals surface area contributed by atoms with E-state index in [4.69, 9.17) is 0 Å². The number of pyridine rings is 1. The summed E-state index contributed by atoms with van der Waals surface area (Å²) in [6, 6.07) is 3.55. The monoisotopic (exact) mass is 199 g/mol. The summed E-state index contributed by atoms with van der Waals surface area (Å²) in [6.45, 7) is 1.87. The Balaban J connectivity index is 2.77. The van der Waals surface area contributed by atoms with E-state index in [1.807, 2.05) is 6.92 Å². The van der Waals surface area contributed by atoms with Gasteiger partial charge in [0.1, 0.15) is 6.10 Å². The van der Waals surface area contributed by atoms with Crippen LogP contribution in [0, 0.1) is 6.92 Å². The molecule has 0 amide bonds. The van der Waals surface area contributed by atoms with Crippen LogP contribution in [0.2, 0.25) is 0 Å². The first-order valence-electron chi connectivity index (χ1n) is 4.04. The fourth-order valence-electron chi connectivity index (χ4n) is 0.976. The molecule has 2 N–H and O–H groups in total. The average molecular weight is 199 g/mol. The van der Waals surface area contributed by atoms with Crippen molar-refractivity contribution in [1.29, 1.82) is 0 Å². The number of aryl methyl sites for hydroxylation is 1. The largest absolute Gasteiger partial charge is 0.389 e. The molecule has 1 heterocycles. The van der Waals surface area contributed by atoms with Gasteiger partial charge >= 0.3 is 0 Å². The summed E-state index contributed by atoms with van der Waals surface area (Å²) in [7, 11) is 0. The number of thiol groups is 1. The molecule has 2 unspecified atom stereocenters. The van der Waals surface area contributed by atoms with Crippen molar-refractivity contribution in [1.82, 2.24) is 4.98 Å². The van der Waals surface area contributed by atoms with Gasteiger partial charge in [-0.2, -0.15) is 12.6 Å². The predicted molar refractivity (Wildman–Crippen MR) is 53.8 cm³/mol. The van der Waals surface area contributed by atoms with Gasteiger partial charge in [-0.25, -0.2) is 0 Å². The lowest BCUT2D eigenvalue weighted by Gasteiger charge is -2.15. The van der Waals surface area contributed by atoms with Crippen molar-refractivity contribution in [3.63, 3.8) is 0 Å². The molecule has 1 aromatic rings. The minimum atomic E-state index is -0.898. The standard InChI is InChI=1S/C9H13NO2S/c1-6-2-3-7(4-10-6)9(12)8(11)5-13/h2-4,8-9,11-13H,5H2,1H3. The molecule has 0 saturated heterocycles. The van der Waals surface area contributed by atoms with E-state index in [0.29, 0.717) is 5.56 Å². The number of rotatable bonds is 3. The molecular formula is C9H13NO2S. The van der Waals surface area contributed by atoms with Gasteiger partial charge in [0.05, 0.1) is 6.10 Å². The number of hydrogen-bond acceptors (Lipinski definition) is 4. The zero-order valence-electron chi connectivity index (χ0n) is 7.38. The Labute approximate surface area is 82.9 Å². The second-order valence-electron chi connectivity index (χ2n) is 2.93. The summed E-state index contributed by atoms with van der Waals surface area (Å²) in [5, 5.41) is 18.8. The molecule has 0 aliphatic heterocycles. The third-order valence-corrected chi connectivity index (χ3v) is 2.20. The number of aliphatic hydroxyl groups excluding tert-OH is 2. The maximum atomic E-state index is 9.54. The highest BCUT2D eigenvalue weighted by molar-refractivity contribution is 7.80. The van der Waals surface area contributed by atoms with Crippen LogP contribution in [0.3, 0.4) is 0 Å². The highest BCUT2D eigenvalue weighted by Gasteiger charge is 2.16. The molecule has 0 spiro atoms. The van der Waals surface area contributed by atoms with E-state index in [1.54, 1.807) is 18.3 Å². The minimum Gasteiger partial charge on any atom is -0.389 e. The third kappa shape index (κ3) is 2.69. The molecule has 13 heavy (non-hydrogen) atoms. The molecule has 0 saturated carbocycles. The lowest BCUT2D eigenvalue weighted by Crippen LogP contribution is -2.19. The van der Waals surface area contributed by atoms with Gasteiger partial charge in [-0.05, 0) is 13.0 Å². The van der Waals surface area contributed by atoms with Crippen molar-refractivity contribution >= 4 is 12.6 Å². The Morgan fingerprint density at radius 3 is 2.62 bits per heavy atom. The van der Waals surface area contributed by atoms with Gasteiger partial charge in [-0.15, -0.1) is 0 Å².